The van der Waals surface area contributed by atoms with E-state index in [4.69, 9.17) is 9.47 Å². The number of piperidine rings is 1. The molecule has 0 aliphatic carbocycles. The van der Waals surface area contributed by atoms with Crippen LogP contribution >= 0.6 is 0 Å². The van der Waals surface area contributed by atoms with Crippen molar-refractivity contribution in [2.45, 2.75) is 56.9 Å². The summed E-state index contributed by atoms with van der Waals surface area (Å²) >= 11 is 0. The summed E-state index contributed by atoms with van der Waals surface area (Å²) in [6, 6.07) is 4.60. The predicted molar refractivity (Wildman–Crippen MR) is 125 cm³/mol. The second-order valence-electron chi connectivity index (χ2n) is 8.58. The van der Waals surface area contributed by atoms with Crippen LogP contribution in [0.15, 0.2) is 23.1 Å². The number of nitrogens with one attached hydrogen (secondary N) is 1. The fraction of sp³-hybridized carbons (Fsp3) is 0.652. The van der Waals surface area contributed by atoms with Crippen LogP contribution in [-0.2, 0) is 24.3 Å². The summed E-state index contributed by atoms with van der Waals surface area (Å²) in [6.07, 6.45) is 4.89. The Kier molecular flexibility index (Phi) is 9.10. The fourth-order valence-corrected chi connectivity index (χ4v) is 5.65. The smallest absolute Gasteiger partial charge is 0.340 e. The zero-order valence-electron chi connectivity index (χ0n) is 19.5. The average Bonchev–Trinajstić information content (AvgIpc) is 2.83. The molecule has 0 bridgehead atoms. The highest BCUT2D eigenvalue weighted by molar-refractivity contribution is 7.89. The number of esters is 1. The summed E-state index contributed by atoms with van der Waals surface area (Å²) < 4.78 is 38.2. The number of hydrogen-bond donors (Lipinski definition) is 1. The van der Waals surface area contributed by atoms with Crippen molar-refractivity contribution in [3.63, 3.8) is 0 Å². The number of ether oxygens (including phenoxy) is 2. The Morgan fingerprint density at radius 3 is 2.48 bits per heavy atom. The molecular formula is C23H35N3O6S. The SMILES string of the molecule is CCCC(C)NC(=O)COC(=O)c1cc(S(=O)(=O)N2CCOCC2)ccc1N1CCCCC1. The summed E-state index contributed by atoms with van der Waals surface area (Å²) in [5, 5.41) is 2.80. The lowest BCUT2D eigenvalue weighted by molar-refractivity contribution is -0.124. The number of carbonyl (C=O) groups is 2. The van der Waals surface area contributed by atoms with Crippen LogP contribution in [0.3, 0.4) is 0 Å². The van der Waals surface area contributed by atoms with E-state index in [-0.39, 0.29) is 35.5 Å². The summed E-state index contributed by atoms with van der Waals surface area (Å²) in [7, 11) is -3.77. The first-order chi connectivity index (χ1) is 15.8. The van der Waals surface area contributed by atoms with Gasteiger partial charge in [-0.3, -0.25) is 4.79 Å². The maximum atomic E-state index is 13.1. The van der Waals surface area contributed by atoms with E-state index in [0.717, 1.165) is 45.2 Å². The van der Waals surface area contributed by atoms with E-state index >= 15 is 0 Å². The summed E-state index contributed by atoms with van der Waals surface area (Å²) in [5.41, 5.74) is 0.807. The van der Waals surface area contributed by atoms with Gasteiger partial charge in [-0.25, -0.2) is 13.2 Å². The lowest BCUT2D eigenvalue weighted by Crippen LogP contribution is -2.40. The van der Waals surface area contributed by atoms with Gasteiger partial charge < -0.3 is 19.7 Å². The Balaban J connectivity index is 1.82. The van der Waals surface area contributed by atoms with Crippen molar-refractivity contribution in [1.82, 2.24) is 9.62 Å². The van der Waals surface area contributed by atoms with Crippen molar-refractivity contribution in [3.05, 3.63) is 23.8 Å². The molecule has 1 aromatic rings. The van der Waals surface area contributed by atoms with Crippen molar-refractivity contribution < 1.29 is 27.5 Å². The van der Waals surface area contributed by atoms with Gasteiger partial charge >= 0.3 is 5.97 Å². The van der Waals surface area contributed by atoms with Gasteiger partial charge in [-0.15, -0.1) is 0 Å². The Bertz CT molecular complexity index is 924. The van der Waals surface area contributed by atoms with Gasteiger partial charge in [0.05, 0.1) is 29.4 Å². The lowest BCUT2D eigenvalue weighted by Gasteiger charge is -2.31. The van der Waals surface area contributed by atoms with Gasteiger partial charge in [0.15, 0.2) is 6.61 Å². The Labute approximate surface area is 196 Å². The molecule has 3 rings (SSSR count). The molecular weight excluding hydrogens is 446 g/mol. The maximum absolute atomic E-state index is 13.1. The van der Waals surface area contributed by atoms with Crippen LogP contribution in [0.1, 0.15) is 56.3 Å². The van der Waals surface area contributed by atoms with E-state index in [2.05, 4.69) is 10.2 Å². The van der Waals surface area contributed by atoms with Crippen molar-refractivity contribution in [3.8, 4) is 0 Å². The molecule has 184 valence electrons. The van der Waals surface area contributed by atoms with Gasteiger partial charge in [-0.05, 0) is 50.8 Å². The number of sulfonamides is 1. The van der Waals surface area contributed by atoms with Crippen LogP contribution in [0.25, 0.3) is 0 Å². The van der Waals surface area contributed by atoms with Crippen LogP contribution < -0.4 is 10.2 Å². The number of hydrogen-bond acceptors (Lipinski definition) is 7. The molecule has 1 amide bonds. The molecule has 2 saturated heterocycles. The molecule has 2 heterocycles. The normalized spacial score (nSPS) is 18.5. The zero-order valence-corrected chi connectivity index (χ0v) is 20.4. The quantitative estimate of drug-likeness (QED) is 0.539. The number of anilines is 1. The van der Waals surface area contributed by atoms with Gasteiger partial charge in [0.25, 0.3) is 5.91 Å². The minimum atomic E-state index is -3.77. The number of rotatable bonds is 9. The third-order valence-electron chi connectivity index (χ3n) is 5.96. The molecule has 1 unspecified atom stereocenters. The number of nitrogens with zero attached hydrogens (tertiary/aromatic N) is 2. The van der Waals surface area contributed by atoms with Gasteiger partial charge in [0.2, 0.25) is 10.0 Å². The van der Waals surface area contributed by atoms with Crippen LogP contribution in [0, 0.1) is 0 Å². The Morgan fingerprint density at radius 2 is 1.82 bits per heavy atom. The van der Waals surface area contributed by atoms with Crippen molar-refractivity contribution in [2.75, 3.05) is 50.9 Å². The topological polar surface area (TPSA) is 105 Å². The fourth-order valence-electron chi connectivity index (χ4n) is 4.22. The first-order valence-corrected chi connectivity index (χ1v) is 13.2. The van der Waals surface area contributed by atoms with Gasteiger partial charge in [-0.2, -0.15) is 4.31 Å². The zero-order chi connectivity index (χ0) is 23.8. The molecule has 0 saturated carbocycles. The summed E-state index contributed by atoms with van der Waals surface area (Å²) in [6.45, 7) is 6.30. The third kappa shape index (κ3) is 6.68. The van der Waals surface area contributed by atoms with E-state index in [1.54, 1.807) is 12.1 Å². The number of benzene rings is 1. The molecule has 33 heavy (non-hydrogen) atoms. The molecule has 0 spiro atoms. The van der Waals surface area contributed by atoms with Gasteiger partial charge in [0, 0.05) is 32.2 Å². The summed E-state index contributed by atoms with van der Waals surface area (Å²) in [4.78, 5) is 27.3. The van der Waals surface area contributed by atoms with Crippen molar-refractivity contribution in [2.24, 2.45) is 0 Å². The summed E-state index contributed by atoms with van der Waals surface area (Å²) in [5.74, 6) is -1.08. The van der Waals surface area contributed by atoms with Crippen LogP contribution in [0.5, 0.6) is 0 Å². The maximum Gasteiger partial charge on any atom is 0.340 e. The molecule has 1 aromatic carbocycles. The van der Waals surface area contributed by atoms with E-state index in [1.807, 2.05) is 13.8 Å². The Morgan fingerprint density at radius 1 is 1.12 bits per heavy atom. The second-order valence-corrected chi connectivity index (χ2v) is 10.5. The van der Waals surface area contributed by atoms with E-state index < -0.39 is 22.6 Å². The highest BCUT2D eigenvalue weighted by Crippen LogP contribution is 2.29. The highest BCUT2D eigenvalue weighted by Gasteiger charge is 2.29. The van der Waals surface area contributed by atoms with Gasteiger partial charge in [-0.1, -0.05) is 13.3 Å². The van der Waals surface area contributed by atoms with Crippen molar-refractivity contribution in [1.29, 1.82) is 0 Å². The third-order valence-corrected chi connectivity index (χ3v) is 7.85. The molecule has 9 nitrogen and oxygen atoms in total. The second kappa shape index (κ2) is 11.8. The minimum absolute atomic E-state index is 0.00731. The van der Waals surface area contributed by atoms with Crippen LogP contribution in [0.4, 0.5) is 5.69 Å². The standard InChI is InChI=1S/C23H35N3O6S/c1-3-7-18(2)24-22(27)17-32-23(28)20-16-19(33(29,30)26-12-14-31-15-13-26)8-9-21(20)25-10-5-4-6-11-25/h8-9,16,18H,3-7,10-15,17H2,1-2H3,(H,24,27). The first kappa shape index (κ1) is 25.5. The molecule has 1 atom stereocenters. The first-order valence-electron chi connectivity index (χ1n) is 11.8. The Hall–Kier alpha value is -2.17. The molecule has 2 aliphatic heterocycles. The number of morpholine rings is 1. The van der Waals surface area contributed by atoms with E-state index in [1.165, 1.54) is 10.4 Å². The van der Waals surface area contributed by atoms with E-state index in [0.29, 0.717) is 18.9 Å². The minimum Gasteiger partial charge on any atom is -0.452 e. The van der Waals surface area contributed by atoms with Crippen LogP contribution in [0.2, 0.25) is 0 Å². The molecule has 2 aliphatic rings. The molecule has 1 N–H and O–H groups in total. The van der Waals surface area contributed by atoms with Crippen molar-refractivity contribution >= 4 is 27.6 Å². The lowest BCUT2D eigenvalue weighted by atomic mass is 10.1. The highest BCUT2D eigenvalue weighted by atomic mass is 32.2. The average molecular weight is 482 g/mol. The van der Waals surface area contributed by atoms with Crippen LogP contribution in [-0.4, -0.2) is 76.6 Å². The molecule has 0 aromatic heterocycles. The predicted octanol–water partition coefficient (Wildman–Crippen LogP) is 2.16. The largest absolute Gasteiger partial charge is 0.452 e. The number of carbonyl (C=O) groups excluding carboxylic acids is 2. The molecule has 0 radical (unpaired) electrons. The monoisotopic (exact) mass is 481 g/mol. The molecule has 10 heteroatoms. The number of amides is 1. The van der Waals surface area contributed by atoms with Gasteiger partial charge in [0.1, 0.15) is 0 Å². The molecule has 2 fully saturated rings. The van der Waals surface area contributed by atoms with E-state index in [9.17, 15) is 18.0 Å².